The molecule has 0 radical (unpaired) electrons. The first-order valence-electron chi connectivity index (χ1n) is 13.5. The van der Waals surface area contributed by atoms with Crippen LogP contribution in [0.1, 0.15) is 87.1 Å². The Morgan fingerprint density at radius 2 is 1.89 bits per heavy atom. The minimum absolute atomic E-state index is 0.0474. The van der Waals surface area contributed by atoms with Crippen LogP contribution in [-0.2, 0) is 9.53 Å². The van der Waals surface area contributed by atoms with Crippen LogP contribution in [0.15, 0.2) is 48.5 Å². The first-order valence-corrected chi connectivity index (χ1v) is 13.5. The standard InChI is InChI=1S/C30H37N3O2/c1-20(2)29(34)35-30(18-21-13-14-25(30)24-10-4-3-9-23(21)24)15-17-33-16-7-8-22(19-33)28-31-26-11-5-6-12-27(26)32-28/h3-6,9-12,20-22,25H,7-8,13-19H2,1-2H3,(H,31,32)/t21-,22?,25+,30+/m1/s1. The van der Waals surface area contributed by atoms with Gasteiger partial charge in [0.1, 0.15) is 11.4 Å². The molecule has 5 heteroatoms. The smallest absolute Gasteiger partial charge is 0.308 e. The lowest BCUT2D eigenvalue weighted by Gasteiger charge is -2.52. The SMILES string of the molecule is CC(C)C(=O)O[C@@]1(CCN2CCCC(c3nc4ccccc4[nH]3)C2)C[C@H]2CC[C@H]1c1ccccc12. The fraction of sp³-hybridized carbons (Fsp3) is 0.533. The van der Waals surface area contributed by atoms with E-state index < -0.39 is 0 Å². The normalized spacial score (nSPS) is 28.4. The minimum atomic E-state index is -0.384. The predicted molar refractivity (Wildman–Crippen MR) is 139 cm³/mol. The summed E-state index contributed by atoms with van der Waals surface area (Å²) in [6, 6.07) is 17.2. The fourth-order valence-electron chi connectivity index (χ4n) is 6.95. The zero-order valence-electron chi connectivity index (χ0n) is 21.0. The van der Waals surface area contributed by atoms with Crippen molar-refractivity contribution < 1.29 is 9.53 Å². The second-order valence-electron chi connectivity index (χ2n) is 11.3. The number of hydrogen-bond acceptors (Lipinski definition) is 4. The third-order valence-corrected chi connectivity index (χ3v) is 8.77. The molecule has 1 unspecified atom stereocenters. The molecule has 1 aromatic heterocycles. The Morgan fingerprint density at radius 3 is 2.71 bits per heavy atom. The number of imidazole rings is 1. The first kappa shape index (κ1) is 22.8. The van der Waals surface area contributed by atoms with E-state index in [-0.39, 0.29) is 17.5 Å². The van der Waals surface area contributed by atoms with Gasteiger partial charge in [0, 0.05) is 31.3 Å². The van der Waals surface area contributed by atoms with Gasteiger partial charge in [-0.2, -0.15) is 0 Å². The number of rotatable bonds is 6. The van der Waals surface area contributed by atoms with Gasteiger partial charge in [0.05, 0.1) is 17.0 Å². The van der Waals surface area contributed by atoms with Crippen molar-refractivity contribution >= 4 is 17.0 Å². The molecule has 5 nitrogen and oxygen atoms in total. The van der Waals surface area contributed by atoms with Crippen LogP contribution in [-0.4, -0.2) is 46.1 Å². The highest BCUT2D eigenvalue weighted by molar-refractivity contribution is 5.75. The lowest BCUT2D eigenvalue weighted by Crippen LogP contribution is -2.51. The molecule has 184 valence electrons. The van der Waals surface area contributed by atoms with Gasteiger partial charge in [-0.05, 0) is 67.8 Å². The van der Waals surface area contributed by atoms with E-state index in [1.165, 1.54) is 30.4 Å². The van der Waals surface area contributed by atoms with Crippen LogP contribution in [0.2, 0.25) is 0 Å². The molecule has 2 heterocycles. The molecule has 35 heavy (non-hydrogen) atoms. The number of aromatic amines is 1. The van der Waals surface area contributed by atoms with E-state index in [2.05, 4.69) is 52.3 Å². The second kappa shape index (κ2) is 9.09. The third kappa shape index (κ3) is 4.18. The van der Waals surface area contributed by atoms with Crippen molar-refractivity contribution in [1.82, 2.24) is 14.9 Å². The summed E-state index contributed by atoms with van der Waals surface area (Å²) in [5.41, 5.74) is 4.70. The summed E-state index contributed by atoms with van der Waals surface area (Å²) in [7, 11) is 0. The molecular weight excluding hydrogens is 434 g/mol. The van der Waals surface area contributed by atoms with Crippen LogP contribution in [0.4, 0.5) is 0 Å². The molecule has 1 N–H and O–H groups in total. The number of para-hydroxylation sites is 2. The topological polar surface area (TPSA) is 58.2 Å². The number of likely N-dealkylation sites (tertiary alicyclic amines) is 1. The minimum Gasteiger partial charge on any atom is -0.458 e. The summed E-state index contributed by atoms with van der Waals surface area (Å²) in [6.07, 6.45) is 6.55. The monoisotopic (exact) mass is 471 g/mol. The highest BCUT2D eigenvalue weighted by Gasteiger charge is 2.52. The van der Waals surface area contributed by atoms with Crippen molar-refractivity contribution in [3.63, 3.8) is 0 Å². The molecule has 4 aliphatic rings. The summed E-state index contributed by atoms with van der Waals surface area (Å²) >= 11 is 0. The number of benzene rings is 2. The van der Waals surface area contributed by atoms with Crippen LogP contribution in [0.25, 0.3) is 11.0 Å². The summed E-state index contributed by atoms with van der Waals surface area (Å²) in [5, 5.41) is 0. The van der Waals surface area contributed by atoms with Gasteiger partial charge in [0.25, 0.3) is 0 Å². The Bertz CT molecular complexity index is 1180. The van der Waals surface area contributed by atoms with Crippen LogP contribution in [0.3, 0.4) is 0 Å². The number of fused-ring (bicyclic) bond motifs is 3. The number of nitrogens with zero attached hydrogens (tertiary/aromatic N) is 2. The lowest BCUT2D eigenvalue weighted by molar-refractivity contribution is -0.174. The second-order valence-corrected chi connectivity index (χ2v) is 11.3. The number of hydrogen-bond donors (Lipinski definition) is 1. The molecule has 0 amide bonds. The van der Waals surface area contributed by atoms with Crippen molar-refractivity contribution in [2.45, 2.75) is 75.7 Å². The number of nitrogens with one attached hydrogen (secondary N) is 1. The maximum Gasteiger partial charge on any atom is 0.308 e. The van der Waals surface area contributed by atoms with Crippen molar-refractivity contribution in [2.75, 3.05) is 19.6 Å². The number of carbonyl (C=O) groups is 1. The van der Waals surface area contributed by atoms with Crippen molar-refractivity contribution in [2.24, 2.45) is 5.92 Å². The summed E-state index contributed by atoms with van der Waals surface area (Å²) in [4.78, 5) is 24.0. The Hall–Kier alpha value is -2.66. The Balaban J connectivity index is 1.21. The van der Waals surface area contributed by atoms with Crippen LogP contribution < -0.4 is 0 Å². The molecule has 1 aliphatic heterocycles. The third-order valence-electron chi connectivity index (χ3n) is 8.77. The van der Waals surface area contributed by atoms with Gasteiger partial charge in [-0.15, -0.1) is 0 Å². The zero-order valence-corrected chi connectivity index (χ0v) is 21.0. The lowest BCUT2D eigenvalue weighted by atomic mass is 9.58. The van der Waals surface area contributed by atoms with Crippen LogP contribution >= 0.6 is 0 Å². The van der Waals surface area contributed by atoms with Crippen molar-refractivity contribution in [3.8, 4) is 0 Å². The average molecular weight is 472 g/mol. The highest BCUT2D eigenvalue weighted by Crippen LogP contribution is 2.57. The molecule has 2 bridgehead atoms. The van der Waals surface area contributed by atoms with E-state index in [4.69, 9.17) is 9.72 Å². The van der Waals surface area contributed by atoms with Gasteiger partial charge in [-0.1, -0.05) is 50.2 Å². The number of aromatic nitrogens is 2. The van der Waals surface area contributed by atoms with E-state index >= 15 is 0 Å². The Labute approximate surface area is 208 Å². The molecule has 2 aromatic carbocycles. The molecule has 7 rings (SSSR count). The predicted octanol–water partition coefficient (Wildman–Crippen LogP) is 6.14. The quantitative estimate of drug-likeness (QED) is 0.439. The maximum atomic E-state index is 12.9. The van der Waals surface area contributed by atoms with E-state index in [9.17, 15) is 4.79 Å². The molecule has 3 aliphatic carbocycles. The van der Waals surface area contributed by atoms with E-state index in [1.807, 2.05) is 19.9 Å². The molecule has 2 fully saturated rings. The number of esters is 1. The Kier molecular flexibility index (Phi) is 5.92. The highest BCUT2D eigenvalue weighted by atomic mass is 16.6. The maximum absolute atomic E-state index is 12.9. The molecule has 0 spiro atoms. The molecule has 3 aromatic rings. The van der Waals surface area contributed by atoms with E-state index in [1.54, 1.807) is 0 Å². The van der Waals surface area contributed by atoms with Gasteiger partial charge >= 0.3 is 5.97 Å². The number of carbonyl (C=O) groups excluding carboxylic acids is 1. The summed E-state index contributed by atoms with van der Waals surface area (Å²) in [5.74, 6) is 2.20. The molecule has 1 saturated heterocycles. The zero-order chi connectivity index (χ0) is 24.0. The number of H-pyrrole nitrogens is 1. The van der Waals surface area contributed by atoms with E-state index in [0.29, 0.717) is 17.8 Å². The number of piperidine rings is 1. The average Bonchev–Trinajstić information content (AvgIpc) is 3.33. The molecular formula is C30H37N3O2. The van der Waals surface area contributed by atoms with Gasteiger partial charge < -0.3 is 14.6 Å². The fourth-order valence-corrected chi connectivity index (χ4v) is 6.95. The summed E-state index contributed by atoms with van der Waals surface area (Å²) in [6.45, 7) is 6.99. The first-order chi connectivity index (χ1) is 17.0. The molecule has 1 saturated carbocycles. The largest absolute Gasteiger partial charge is 0.458 e. The van der Waals surface area contributed by atoms with Gasteiger partial charge in [-0.25, -0.2) is 4.98 Å². The van der Waals surface area contributed by atoms with Crippen molar-refractivity contribution in [1.29, 1.82) is 0 Å². The number of ether oxygens (including phenoxy) is 1. The van der Waals surface area contributed by atoms with Gasteiger partial charge in [-0.3, -0.25) is 4.79 Å². The summed E-state index contributed by atoms with van der Waals surface area (Å²) < 4.78 is 6.49. The Morgan fingerprint density at radius 1 is 1.09 bits per heavy atom. The van der Waals surface area contributed by atoms with Crippen molar-refractivity contribution in [3.05, 3.63) is 65.5 Å². The van der Waals surface area contributed by atoms with Gasteiger partial charge in [0.15, 0.2) is 0 Å². The van der Waals surface area contributed by atoms with Crippen LogP contribution in [0.5, 0.6) is 0 Å². The molecule has 4 atom stereocenters. The van der Waals surface area contributed by atoms with Gasteiger partial charge in [0.2, 0.25) is 0 Å². The van der Waals surface area contributed by atoms with E-state index in [0.717, 1.165) is 55.8 Å². The van der Waals surface area contributed by atoms with Crippen LogP contribution in [0, 0.1) is 5.92 Å².